The van der Waals surface area contributed by atoms with Crippen LogP contribution in [0.4, 0.5) is 0 Å². The molecule has 1 saturated carbocycles. The van der Waals surface area contributed by atoms with E-state index in [4.69, 9.17) is 9.47 Å². The van der Waals surface area contributed by atoms with Crippen molar-refractivity contribution in [3.63, 3.8) is 0 Å². The van der Waals surface area contributed by atoms with Crippen LogP contribution in [0.2, 0.25) is 0 Å². The molecule has 0 spiro atoms. The van der Waals surface area contributed by atoms with Gasteiger partial charge in [-0.25, -0.2) is 0 Å². The molecule has 1 fully saturated rings. The van der Waals surface area contributed by atoms with Gasteiger partial charge in [-0.05, 0) is 38.9 Å². The quantitative estimate of drug-likeness (QED) is 0.791. The molecule has 1 N–H and O–H groups in total. The highest BCUT2D eigenvalue weighted by molar-refractivity contribution is 5.42. The third-order valence-electron chi connectivity index (χ3n) is 3.93. The Morgan fingerprint density at radius 2 is 2.05 bits per heavy atom. The Morgan fingerprint density at radius 1 is 1.30 bits per heavy atom. The molecule has 1 aliphatic rings. The van der Waals surface area contributed by atoms with E-state index in [1.165, 1.54) is 24.9 Å². The van der Waals surface area contributed by atoms with Crippen molar-refractivity contribution >= 4 is 0 Å². The van der Waals surface area contributed by atoms with Crippen LogP contribution in [0.3, 0.4) is 0 Å². The zero-order chi connectivity index (χ0) is 14.5. The molecule has 4 nitrogen and oxygen atoms in total. The second-order valence-electron chi connectivity index (χ2n) is 5.61. The molecule has 1 atom stereocenters. The standard InChI is InChI=1S/C16H26N2O2/c1-17-15(11-18(2)10-12-5-6-12)14-8-7-13(19-3)9-16(14)20-4/h7-9,12,15,17H,5-6,10-11H2,1-4H3. The molecule has 112 valence electrons. The highest BCUT2D eigenvalue weighted by Crippen LogP contribution is 2.32. The fraction of sp³-hybridized carbons (Fsp3) is 0.625. The van der Waals surface area contributed by atoms with Gasteiger partial charge in [0.25, 0.3) is 0 Å². The molecule has 0 aromatic heterocycles. The van der Waals surface area contributed by atoms with Gasteiger partial charge < -0.3 is 19.7 Å². The van der Waals surface area contributed by atoms with Crippen molar-refractivity contribution in [1.29, 1.82) is 0 Å². The SMILES string of the molecule is CNC(CN(C)CC1CC1)c1ccc(OC)cc1OC. The van der Waals surface area contributed by atoms with Gasteiger partial charge in [0, 0.05) is 30.8 Å². The third-order valence-corrected chi connectivity index (χ3v) is 3.93. The van der Waals surface area contributed by atoms with E-state index in [1.807, 2.05) is 19.2 Å². The number of rotatable bonds is 8. The van der Waals surface area contributed by atoms with Gasteiger partial charge in [-0.2, -0.15) is 0 Å². The van der Waals surface area contributed by atoms with Crippen LogP contribution in [0.5, 0.6) is 11.5 Å². The Morgan fingerprint density at radius 3 is 2.60 bits per heavy atom. The van der Waals surface area contributed by atoms with E-state index in [0.717, 1.165) is 24.0 Å². The van der Waals surface area contributed by atoms with Crippen LogP contribution in [-0.2, 0) is 0 Å². The first-order valence-corrected chi connectivity index (χ1v) is 7.25. The second-order valence-corrected chi connectivity index (χ2v) is 5.61. The fourth-order valence-electron chi connectivity index (χ4n) is 2.58. The molecule has 2 rings (SSSR count). The van der Waals surface area contributed by atoms with E-state index in [1.54, 1.807) is 14.2 Å². The lowest BCUT2D eigenvalue weighted by Crippen LogP contribution is -2.32. The van der Waals surface area contributed by atoms with E-state index in [9.17, 15) is 0 Å². The van der Waals surface area contributed by atoms with Crippen LogP contribution in [0, 0.1) is 5.92 Å². The van der Waals surface area contributed by atoms with Crippen LogP contribution in [0.1, 0.15) is 24.4 Å². The summed E-state index contributed by atoms with van der Waals surface area (Å²) in [4.78, 5) is 2.41. The monoisotopic (exact) mass is 278 g/mol. The summed E-state index contributed by atoms with van der Waals surface area (Å²) >= 11 is 0. The molecule has 0 saturated heterocycles. The predicted octanol–water partition coefficient (Wildman–Crippen LogP) is 2.31. The molecule has 1 aliphatic carbocycles. The van der Waals surface area contributed by atoms with Gasteiger partial charge in [0.05, 0.1) is 14.2 Å². The van der Waals surface area contributed by atoms with Crippen LogP contribution >= 0.6 is 0 Å². The average molecular weight is 278 g/mol. The number of nitrogens with zero attached hydrogens (tertiary/aromatic N) is 1. The molecular formula is C16H26N2O2. The average Bonchev–Trinajstić information content (AvgIpc) is 3.28. The number of nitrogens with one attached hydrogen (secondary N) is 1. The van der Waals surface area contributed by atoms with E-state index in [-0.39, 0.29) is 6.04 Å². The summed E-state index contributed by atoms with van der Waals surface area (Å²) in [5, 5.41) is 3.39. The minimum Gasteiger partial charge on any atom is -0.497 e. The second kappa shape index (κ2) is 6.95. The summed E-state index contributed by atoms with van der Waals surface area (Å²) in [5.41, 5.74) is 1.18. The summed E-state index contributed by atoms with van der Waals surface area (Å²) in [5.74, 6) is 2.62. The minimum absolute atomic E-state index is 0.264. The van der Waals surface area contributed by atoms with Crippen molar-refractivity contribution in [3.8, 4) is 11.5 Å². The number of methoxy groups -OCH3 is 2. The number of ether oxygens (including phenoxy) is 2. The Bertz CT molecular complexity index is 432. The van der Waals surface area contributed by atoms with E-state index >= 15 is 0 Å². The zero-order valence-corrected chi connectivity index (χ0v) is 13.0. The Labute approximate surface area is 122 Å². The molecule has 0 aliphatic heterocycles. The van der Waals surface area contributed by atoms with E-state index in [0.29, 0.717) is 0 Å². The fourth-order valence-corrected chi connectivity index (χ4v) is 2.58. The maximum absolute atomic E-state index is 5.51. The van der Waals surface area contributed by atoms with Crippen molar-refractivity contribution in [2.24, 2.45) is 5.92 Å². The van der Waals surface area contributed by atoms with Crippen LogP contribution in [0.25, 0.3) is 0 Å². The topological polar surface area (TPSA) is 33.7 Å². The largest absolute Gasteiger partial charge is 0.497 e. The lowest BCUT2D eigenvalue weighted by atomic mass is 10.0. The van der Waals surface area contributed by atoms with E-state index in [2.05, 4.69) is 23.3 Å². The molecule has 0 heterocycles. The van der Waals surface area contributed by atoms with Gasteiger partial charge in [0.1, 0.15) is 11.5 Å². The molecule has 1 unspecified atom stereocenters. The smallest absolute Gasteiger partial charge is 0.127 e. The predicted molar refractivity (Wildman–Crippen MR) is 81.6 cm³/mol. The van der Waals surface area contributed by atoms with Crippen LogP contribution < -0.4 is 14.8 Å². The molecule has 1 aromatic rings. The highest BCUT2D eigenvalue weighted by Gasteiger charge is 2.24. The van der Waals surface area contributed by atoms with Crippen LogP contribution in [-0.4, -0.2) is 46.3 Å². The van der Waals surface area contributed by atoms with Gasteiger partial charge in [0.2, 0.25) is 0 Å². The first kappa shape index (κ1) is 15.1. The van der Waals surface area contributed by atoms with Gasteiger partial charge >= 0.3 is 0 Å². The summed E-state index contributed by atoms with van der Waals surface area (Å²) in [6.45, 7) is 2.17. The Kier molecular flexibility index (Phi) is 5.26. The maximum Gasteiger partial charge on any atom is 0.127 e. The number of hydrogen-bond acceptors (Lipinski definition) is 4. The molecule has 1 aromatic carbocycles. The number of benzene rings is 1. The first-order valence-electron chi connectivity index (χ1n) is 7.25. The molecule has 20 heavy (non-hydrogen) atoms. The summed E-state index contributed by atoms with van der Waals surface area (Å²) < 4.78 is 10.8. The lowest BCUT2D eigenvalue weighted by molar-refractivity contribution is 0.282. The molecule has 4 heteroatoms. The van der Waals surface area contributed by atoms with Crippen molar-refractivity contribution in [2.45, 2.75) is 18.9 Å². The summed E-state index contributed by atoms with van der Waals surface area (Å²) in [6, 6.07) is 6.28. The van der Waals surface area contributed by atoms with Crippen molar-refractivity contribution < 1.29 is 9.47 Å². The van der Waals surface area contributed by atoms with Gasteiger partial charge in [-0.1, -0.05) is 6.07 Å². The Hall–Kier alpha value is -1.26. The summed E-state index contributed by atoms with van der Waals surface area (Å²) in [6.07, 6.45) is 2.78. The third kappa shape index (κ3) is 3.87. The minimum atomic E-state index is 0.264. The van der Waals surface area contributed by atoms with E-state index < -0.39 is 0 Å². The molecule has 0 amide bonds. The lowest BCUT2D eigenvalue weighted by Gasteiger charge is -2.25. The molecule has 0 radical (unpaired) electrons. The van der Waals surface area contributed by atoms with Crippen molar-refractivity contribution in [2.75, 3.05) is 41.4 Å². The zero-order valence-electron chi connectivity index (χ0n) is 13.0. The normalized spacial score (nSPS) is 16.2. The van der Waals surface area contributed by atoms with Crippen LogP contribution in [0.15, 0.2) is 18.2 Å². The Balaban J connectivity index is 2.08. The van der Waals surface area contributed by atoms with Gasteiger partial charge in [-0.15, -0.1) is 0 Å². The van der Waals surface area contributed by atoms with Gasteiger partial charge in [0.15, 0.2) is 0 Å². The van der Waals surface area contributed by atoms with Crippen molar-refractivity contribution in [3.05, 3.63) is 23.8 Å². The van der Waals surface area contributed by atoms with Gasteiger partial charge in [-0.3, -0.25) is 0 Å². The molecule has 0 bridgehead atoms. The molecular weight excluding hydrogens is 252 g/mol. The van der Waals surface area contributed by atoms with Crippen molar-refractivity contribution in [1.82, 2.24) is 10.2 Å². The first-order chi connectivity index (χ1) is 9.67. The summed E-state index contributed by atoms with van der Waals surface area (Å²) in [7, 11) is 7.57. The highest BCUT2D eigenvalue weighted by atomic mass is 16.5. The number of likely N-dealkylation sites (N-methyl/N-ethyl adjacent to an activating group) is 2. The number of hydrogen-bond donors (Lipinski definition) is 1. The maximum atomic E-state index is 5.51.